The van der Waals surface area contributed by atoms with Crippen LogP contribution in [0.15, 0.2) is 0 Å². The van der Waals surface area contributed by atoms with Crippen molar-refractivity contribution >= 4 is 0 Å². The molecule has 2 heterocycles. The van der Waals surface area contributed by atoms with Gasteiger partial charge in [-0.1, -0.05) is 13.8 Å². The van der Waals surface area contributed by atoms with E-state index in [1.165, 1.54) is 0 Å². The third-order valence-corrected chi connectivity index (χ3v) is 4.27. The van der Waals surface area contributed by atoms with Gasteiger partial charge in [-0.3, -0.25) is 0 Å². The van der Waals surface area contributed by atoms with Gasteiger partial charge in [-0.25, -0.2) is 0 Å². The number of aliphatic hydroxyl groups is 6. The molecule has 10 nitrogen and oxygen atoms in total. The molecular weight excluding hydrogens is 340 g/mol. The Morgan fingerprint density at radius 1 is 1.04 bits per heavy atom. The lowest BCUT2D eigenvalue weighted by Crippen LogP contribution is -2.59. The molecule has 2 fully saturated rings. The molecule has 0 amide bonds. The van der Waals surface area contributed by atoms with Crippen molar-refractivity contribution in [2.75, 3.05) is 26.4 Å². The summed E-state index contributed by atoms with van der Waals surface area (Å²) in [4.78, 5) is 0. The molecule has 8 atom stereocenters. The molecule has 0 spiro atoms. The highest BCUT2D eigenvalue weighted by Crippen LogP contribution is 2.27. The number of rotatable bonds is 7. The van der Waals surface area contributed by atoms with Crippen molar-refractivity contribution in [2.45, 2.75) is 62.5 Å². The molecule has 10 heteroatoms. The van der Waals surface area contributed by atoms with E-state index in [1.54, 1.807) is 0 Å². The van der Waals surface area contributed by atoms with Gasteiger partial charge in [0.25, 0.3) is 0 Å². The maximum Gasteiger partial charge on any atom is 0.186 e. The van der Waals surface area contributed by atoms with Crippen LogP contribution in [0.3, 0.4) is 0 Å². The van der Waals surface area contributed by atoms with E-state index in [2.05, 4.69) is 0 Å². The van der Waals surface area contributed by atoms with Crippen molar-refractivity contribution in [2.24, 2.45) is 5.92 Å². The first kappa shape index (κ1) is 20.9. The van der Waals surface area contributed by atoms with Crippen LogP contribution in [0.2, 0.25) is 0 Å². The summed E-state index contributed by atoms with van der Waals surface area (Å²) in [5.41, 5.74) is -1.82. The number of ether oxygens (including phenoxy) is 4. The molecular formula is C15H28O10. The number of aliphatic hydroxyl groups excluding tert-OH is 5. The van der Waals surface area contributed by atoms with Crippen molar-refractivity contribution in [3.63, 3.8) is 0 Å². The molecule has 0 unspecified atom stereocenters. The highest BCUT2D eigenvalue weighted by molar-refractivity contribution is 4.94. The third kappa shape index (κ3) is 4.66. The number of hydrogen-bond acceptors (Lipinski definition) is 10. The van der Waals surface area contributed by atoms with Crippen LogP contribution in [0.5, 0.6) is 0 Å². The van der Waals surface area contributed by atoms with Gasteiger partial charge in [-0.15, -0.1) is 0 Å². The second-order valence-corrected chi connectivity index (χ2v) is 6.96. The van der Waals surface area contributed by atoms with Gasteiger partial charge in [-0.05, 0) is 5.92 Å². The first-order valence-corrected chi connectivity index (χ1v) is 8.25. The van der Waals surface area contributed by atoms with Gasteiger partial charge in [0.1, 0.15) is 36.1 Å². The van der Waals surface area contributed by atoms with Gasteiger partial charge >= 0.3 is 0 Å². The third-order valence-electron chi connectivity index (χ3n) is 4.27. The lowest BCUT2D eigenvalue weighted by Gasteiger charge is -2.40. The zero-order valence-electron chi connectivity index (χ0n) is 14.3. The molecule has 2 rings (SSSR count). The Labute approximate surface area is 145 Å². The van der Waals surface area contributed by atoms with Gasteiger partial charge in [0, 0.05) is 0 Å². The largest absolute Gasteiger partial charge is 0.393 e. The molecule has 0 bridgehead atoms. The minimum Gasteiger partial charge on any atom is -0.393 e. The fraction of sp³-hybridized carbons (Fsp3) is 1.00. The molecule has 0 radical (unpaired) electrons. The molecule has 6 N–H and O–H groups in total. The van der Waals surface area contributed by atoms with Crippen LogP contribution >= 0.6 is 0 Å². The molecule has 0 aromatic carbocycles. The molecule has 0 saturated carbocycles. The summed E-state index contributed by atoms with van der Waals surface area (Å²) in [6.45, 7) is 2.78. The van der Waals surface area contributed by atoms with Crippen LogP contribution < -0.4 is 0 Å². The van der Waals surface area contributed by atoms with Gasteiger partial charge in [0.2, 0.25) is 0 Å². The van der Waals surface area contributed by atoms with Crippen molar-refractivity contribution in [1.29, 1.82) is 0 Å². The minimum absolute atomic E-state index is 0.174. The van der Waals surface area contributed by atoms with E-state index in [0.717, 1.165) is 0 Å². The monoisotopic (exact) mass is 368 g/mol. The maximum atomic E-state index is 10.0. The van der Waals surface area contributed by atoms with Crippen molar-refractivity contribution < 1.29 is 49.6 Å². The van der Waals surface area contributed by atoms with Gasteiger partial charge in [0.05, 0.1) is 26.4 Å². The molecule has 0 aromatic heterocycles. The first-order valence-electron chi connectivity index (χ1n) is 8.25. The first-order chi connectivity index (χ1) is 11.7. The maximum absolute atomic E-state index is 10.0. The van der Waals surface area contributed by atoms with Crippen molar-refractivity contribution in [3.8, 4) is 0 Å². The Bertz CT molecular complexity index is 421. The second kappa shape index (κ2) is 8.53. The molecule has 0 aliphatic carbocycles. The van der Waals surface area contributed by atoms with Crippen LogP contribution in [0.25, 0.3) is 0 Å². The fourth-order valence-electron chi connectivity index (χ4n) is 2.60. The molecule has 2 aliphatic rings. The van der Waals surface area contributed by atoms with Crippen LogP contribution in [0.1, 0.15) is 13.8 Å². The Balaban J connectivity index is 1.91. The zero-order valence-corrected chi connectivity index (χ0v) is 14.3. The van der Waals surface area contributed by atoms with Crippen molar-refractivity contribution in [3.05, 3.63) is 0 Å². The van der Waals surface area contributed by atoms with E-state index in [-0.39, 0.29) is 25.7 Å². The average Bonchev–Trinajstić information content (AvgIpc) is 2.87. The van der Waals surface area contributed by atoms with Crippen LogP contribution in [0, 0.1) is 5.92 Å². The van der Waals surface area contributed by atoms with Gasteiger partial charge in [-0.2, -0.15) is 0 Å². The Kier molecular flexibility index (Phi) is 7.13. The van der Waals surface area contributed by atoms with Gasteiger partial charge < -0.3 is 49.6 Å². The highest BCUT2D eigenvalue weighted by Gasteiger charge is 2.50. The quantitative estimate of drug-likeness (QED) is 0.272. The predicted octanol–water partition coefficient (Wildman–Crippen LogP) is -3.08. The van der Waals surface area contributed by atoms with E-state index in [0.29, 0.717) is 0 Å². The predicted molar refractivity (Wildman–Crippen MR) is 81.2 cm³/mol. The second-order valence-electron chi connectivity index (χ2n) is 6.96. The molecule has 148 valence electrons. The standard InChI is InChI=1S/C15H28O10/c1-7(2)3-22-13-11(19)10(18)9(17)8(25-13)4-23-14-12(20)15(21,5-16)6-24-14/h7-14,16-21H,3-6H2,1-2H3/t8-,9-,10+,11-,12+,13-,14-,15-/m1/s1. The van der Waals surface area contributed by atoms with E-state index in [1.807, 2.05) is 13.8 Å². The van der Waals surface area contributed by atoms with E-state index >= 15 is 0 Å². The summed E-state index contributed by atoms with van der Waals surface area (Å²) in [5.74, 6) is 0.174. The van der Waals surface area contributed by atoms with Crippen LogP contribution in [0.4, 0.5) is 0 Å². The van der Waals surface area contributed by atoms with Crippen molar-refractivity contribution in [1.82, 2.24) is 0 Å². The number of hydrogen-bond donors (Lipinski definition) is 6. The summed E-state index contributed by atoms with van der Waals surface area (Å²) in [6.07, 6.45) is -9.26. The minimum atomic E-state index is -1.82. The summed E-state index contributed by atoms with van der Waals surface area (Å²) in [6, 6.07) is 0. The van der Waals surface area contributed by atoms with Crippen LogP contribution in [-0.2, 0) is 18.9 Å². The SMILES string of the molecule is CC(C)CO[C@@H]1O[C@H](CO[C@@H]2OC[C@](O)(CO)[C@H]2O)[C@@H](O)[C@H](O)[C@H]1O. The van der Waals surface area contributed by atoms with E-state index in [4.69, 9.17) is 24.1 Å². The normalized spacial score (nSPS) is 45.2. The molecule has 0 aromatic rings. The van der Waals surface area contributed by atoms with Gasteiger partial charge in [0.15, 0.2) is 12.6 Å². The summed E-state index contributed by atoms with van der Waals surface area (Å²) < 4.78 is 21.2. The molecule has 2 saturated heterocycles. The average molecular weight is 368 g/mol. The highest BCUT2D eigenvalue weighted by atomic mass is 16.7. The lowest BCUT2D eigenvalue weighted by molar-refractivity contribution is -0.311. The Morgan fingerprint density at radius 3 is 2.28 bits per heavy atom. The summed E-state index contributed by atoms with van der Waals surface area (Å²) >= 11 is 0. The zero-order chi connectivity index (χ0) is 18.8. The van der Waals surface area contributed by atoms with Crippen LogP contribution in [-0.4, -0.2) is 106 Å². The Morgan fingerprint density at radius 2 is 1.72 bits per heavy atom. The topological polar surface area (TPSA) is 158 Å². The van der Waals surface area contributed by atoms with E-state index < -0.39 is 55.3 Å². The smallest absolute Gasteiger partial charge is 0.186 e. The summed E-state index contributed by atoms with van der Waals surface area (Å²) in [7, 11) is 0. The fourth-order valence-corrected chi connectivity index (χ4v) is 2.60. The Hall–Kier alpha value is -0.400. The molecule has 2 aliphatic heterocycles. The van der Waals surface area contributed by atoms with E-state index in [9.17, 15) is 25.5 Å². The lowest BCUT2D eigenvalue weighted by atomic mass is 9.99. The molecule has 25 heavy (non-hydrogen) atoms. The summed E-state index contributed by atoms with van der Waals surface area (Å²) in [5, 5.41) is 58.8.